The Kier molecular flexibility index (Phi) is 3.11. The second kappa shape index (κ2) is 4.44. The minimum absolute atomic E-state index is 0.0239. The fourth-order valence-corrected chi connectivity index (χ4v) is 1.99. The maximum Gasteiger partial charge on any atom is 0.184 e. The van der Waals surface area contributed by atoms with Crippen molar-refractivity contribution in [3.63, 3.8) is 0 Å². The molecular formula is C14H19N3O. The van der Waals surface area contributed by atoms with Crippen molar-refractivity contribution in [1.29, 1.82) is 0 Å². The fraction of sp³-hybridized carbons (Fsp3) is 0.429. The van der Waals surface area contributed by atoms with Crippen LogP contribution in [0.1, 0.15) is 26.3 Å². The summed E-state index contributed by atoms with van der Waals surface area (Å²) < 4.78 is 7.27. The number of ether oxygens (including phenoxy) is 1. The van der Waals surface area contributed by atoms with E-state index in [1.165, 1.54) is 0 Å². The van der Waals surface area contributed by atoms with Crippen molar-refractivity contribution in [3.05, 3.63) is 30.1 Å². The van der Waals surface area contributed by atoms with Gasteiger partial charge in [-0.2, -0.15) is 5.10 Å². The Morgan fingerprint density at radius 3 is 2.44 bits per heavy atom. The van der Waals surface area contributed by atoms with E-state index < -0.39 is 0 Å². The monoisotopic (exact) mass is 245 g/mol. The standard InChI is InChI=1S/C14H19N3O/c1-14(2,3)11-8-6-7-10(12(11)18-5)13-15-9-17(4)16-13/h6-9H,1-5H3. The molecule has 96 valence electrons. The van der Waals surface area contributed by atoms with E-state index in [1.54, 1.807) is 18.1 Å². The molecule has 0 bridgehead atoms. The molecule has 0 aliphatic rings. The van der Waals surface area contributed by atoms with Gasteiger partial charge in [0.2, 0.25) is 0 Å². The number of hydrogen-bond donors (Lipinski definition) is 0. The second-order valence-electron chi connectivity index (χ2n) is 5.38. The van der Waals surface area contributed by atoms with Gasteiger partial charge in [-0.1, -0.05) is 32.9 Å². The molecule has 2 rings (SSSR count). The smallest absolute Gasteiger partial charge is 0.184 e. The number of aromatic nitrogens is 3. The van der Waals surface area contributed by atoms with Crippen LogP contribution < -0.4 is 4.74 Å². The molecule has 4 nitrogen and oxygen atoms in total. The Morgan fingerprint density at radius 2 is 1.94 bits per heavy atom. The number of para-hydroxylation sites is 1. The molecule has 4 heteroatoms. The lowest BCUT2D eigenvalue weighted by atomic mass is 9.85. The third-order valence-electron chi connectivity index (χ3n) is 2.87. The van der Waals surface area contributed by atoms with Gasteiger partial charge in [-0.25, -0.2) is 4.98 Å². The van der Waals surface area contributed by atoms with E-state index >= 15 is 0 Å². The van der Waals surface area contributed by atoms with Gasteiger partial charge in [0.25, 0.3) is 0 Å². The normalized spacial score (nSPS) is 11.6. The van der Waals surface area contributed by atoms with Crippen molar-refractivity contribution in [1.82, 2.24) is 14.8 Å². The Bertz CT molecular complexity index is 552. The predicted molar refractivity (Wildman–Crippen MR) is 71.7 cm³/mol. The van der Waals surface area contributed by atoms with E-state index in [-0.39, 0.29) is 5.41 Å². The van der Waals surface area contributed by atoms with Crippen LogP contribution in [0.2, 0.25) is 0 Å². The Balaban J connectivity index is 2.62. The number of aryl methyl sites for hydroxylation is 1. The summed E-state index contributed by atoms with van der Waals surface area (Å²) in [6.07, 6.45) is 1.69. The fourth-order valence-electron chi connectivity index (χ4n) is 1.99. The average Bonchev–Trinajstić information content (AvgIpc) is 2.73. The molecule has 1 aromatic carbocycles. The third kappa shape index (κ3) is 2.23. The van der Waals surface area contributed by atoms with Crippen molar-refractivity contribution in [3.8, 4) is 17.1 Å². The van der Waals surface area contributed by atoms with Gasteiger partial charge in [0, 0.05) is 12.6 Å². The quantitative estimate of drug-likeness (QED) is 0.816. The van der Waals surface area contributed by atoms with Crippen molar-refractivity contribution < 1.29 is 4.74 Å². The molecule has 2 aromatic rings. The highest BCUT2D eigenvalue weighted by Crippen LogP contribution is 2.37. The van der Waals surface area contributed by atoms with E-state index in [9.17, 15) is 0 Å². The maximum atomic E-state index is 5.58. The van der Waals surface area contributed by atoms with E-state index in [2.05, 4.69) is 36.9 Å². The highest BCUT2D eigenvalue weighted by molar-refractivity contribution is 5.67. The minimum atomic E-state index is 0.0239. The first kappa shape index (κ1) is 12.6. The van der Waals surface area contributed by atoms with Crippen LogP contribution in [-0.4, -0.2) is 21.9 Å². The van der Waals surface area contributed by atoms with Crippen LogP contribution in [-0.2, 0) is 12.5 Å². The van der Waals surface area contributed by atoms with E-state index in [4.69, 9.17) is 4.74 Å². The van der Waals surface area contributed by atoms with E-state index in [1.807, 2.05) is 19.2 Å². The summed E-state index contributed by atoms with van der Waals surface area (Å²) in [7, 11) is 3.55. The first-order chi connectivity index (χ1) is 8.43. The lowest BCUT2D eigenvalue weighted by Gasteiger charge is -2.23. The van der Waals surface area contributed by atoms with Crippen molar-refractivity contribution in [2.24, 2.45) is 7.05 Å². The molecule has 0 N–H and O–H groups in total. The molecule has 0 saturated heterocycles. The molecule has 0 aliphatic carbocycles. The average molecular weight is 245 g/mol. The number of nitrogens with zero attached hydrogens (tertiary/aromatic N) is 3. The largest absolute Gasteiger partial charge is 0.496 e. The lowest BCUT2D eigenvalue weighted by Crippen LogP contribution is -2.13. The van der Waals surface area contributed by atoms with E-state index in [0.29, 0.717) is 5.82 Å². The maximum absolute atomic E-state index is 5.58. The van der Waals surface area contributed by atoms with Gasteiger partial charge < -0.3 is 4.74 Å². The lowest BCUT2D eigenvalue weighted by molar-refractivity contribution is 0.399. The second-order valence-corrected chi connectivity index (χ2v) is 5.38. The van der Waals surface area contributed by atoms with Gasteiger partial charge in [-0.15, -0.1) is 0 Å². The summed E-state index contributed by atoms with van der Waals surface area (Å²) in [5, 5.41) is 4.34. The Morgan fingerprint density at radius 1 is 1.22 bits per heavy atom. The number of rotatable bonds is 2. The van der Waals surface area contributed by atoms with Gasteiger partial charge >= 0.3 is 0 Å². The summed E-state index contributed by atoms with van der Waals surface area (Å²) in [6.45, 7) is 6.50. The van der Waals surface area contributed by atoms with Crippen LogP contribution in [0.15, 0.2) is 24.5 Å². The summed E-state index contributed by atoms with van der Waals surface area (Å²) in [6, 6.07) is 6.10. The molecular weight excluding hydrogens is 226 g/mol. The molecule has 0 spiro atoms. The summed E-state index contributed by atoms with van der Waals surface area (Å²) in [5.74, 6) is 1.55. The van der Waals surface area contributed by atoms with Gasteiger partial charge in [0.1, 0.15) is 12.1 Å². The first-order valence-electron chi connectivity index (χ1n) is 5.97. The zero-order valence-corrected chi connectivity index (χ0v) is 11.6. The number of hydrogen-bond acceptors (Lipinski definition) is 3. The molecule has 0 aliphatic heterocycles. The highest BCUT2D eigenvalue weighted by atomic mass is 16.5. The topological polar surface area (TPSA) is 39.9 Å². The molecule has 0 saturated carbocycles. The molecule has 0 amide bonds. The molecule has 0 fully saturated rings. The molecule has 1 aromatic heterocycles. The Hall–Kier alpha value is -1.84. The zero-order valence-electron chi connectivity index (χ0n) is 11.6. The summed E-state index contributed by atoms with van der Waals surface area (Å²) in [5.41, 5.74) is 2.12. The SMILES string of the molecule is COc1c(-c2ncn(C)n2)cccc1C(C)(C)C. The third-order valence-corrected chi connectivity index (χ3v) is 2.87. The van der Waals surface area contributed by atoms with Crippen LogP contribution in [0.5, 0.6) is 5.75 Å². The first-order valence-corrected chi connectivity index (χ1v) is 5.97. The minimum Gasteiger partial charge on any atom is -0.496 e. The predicted octanol–water partition coefficient (Wildman–Crippen LogP) is 2.79. The highest BCUT2D eigenvalue weighted by Gasteiger charge is 2.22. The van der Waals surface area contributed by atoms with Crippen molar-refractivity contribution in [2.45, 2.75) is 26.2 Å². The summed E-state index contributed by atoms with van der Waals surface area (Å²) in [4.78, 5) is 4.29. The van der Waals surface area contributed by atoms with Gasteiger partial charge in [0.15, 0.2) is 5.82 Å². The number of benzene rings is 1. The van der Waals surface area contributed by atoms with E-state index in [0.717, 1.165) is 16.9 Å². The van der Waals surface area contributed by atoms with Gasteiger partial charge in [-0.05, 0) is 11.5 Å². The van der Waals surface area contributed by atoms with Crippen LogP contribution in [0.3, 0.4) is 0 Å². The molecule has 18 heavy (non-hydrogen) atoms. The molecule has 1 heterocycles. The van der Waals surface area contributed by atoms with Crippen LogP contribution in [0, 0.1) is 0 Å². The van der Waals surface area contributed by atoms with Crippen molar-refractivity contribution >= 4 is 0 Å². The summed E-state index contributed by atoms with van der Waals surface area (Å²) >= 11 is 0. The van der Waals surface area contributed by atoms with Crippen LogP contribution >= 0.6 is 0 Å². The molecule has 0 radical (unpaired) electrons. The van der Waals surface area contributed by atoms with Crippen molar-refractivity contribution in [2.75, 3.05) is 7.11 Å². The van der Waals surface area contributed by atoms with Crippen LogP contribution in [0.4, 0.5) is 0 Å². The Labute approximate surface area is 108 Å². The zero-order chi connectivity index (χ0) is 13.3. The molecule has 0 unspecified atom stereocenters. The van der Waals surface area contributed by atoms with Gasteiger partial charge in [0.05, 0.1) is 12.7 Å². The van der Waals surface area contributed by atoms with Crippen LogP contribution in [0.25, 0.3) is 11.4 Å². The number of methoxy groups -OCH3 is 1. The molecule has 0 atom stereocenters. The van der Waals surface area contributed by atoms with Gasteiger partial charge in [-0.3, -0.25) is 4.68 Å².